The summed E-state index contributed by atoms with van der Waals surface area (Å²) in [5.74, 6) is -0.0504. The highest BCUT2D eigenvalue weighted by Gasteiger charge is 2.31. The van der Waals surface area contributed by atoms with Crippen molar-refractivity contribution in [2.45, 2.75) is 45.1 Å². The first-order valence-electron chi connectivity index (χ1n) is 7.42. The van der Waals surface area contributed by atoms with Gasteiger partial charge in [-0.3, -0.25) is 0 Å². The first-order chi connectivity index (χ1) is 10.7. The van der Waals surface area contributed by atoms with Crippen molar-refractivity contribution in [2.75, 3.05) is 18.8 Å². The van der Waals surface area contributed by atoms with Crippen LogP contribution in [-0.2, 0) is 4.74 Å². The van der Waals surface area contributed by atoms with E-state index >= 15 is 0 Å². The molecule has 1 aliphatic rings. The topological polar surface area (TPSA) is 105 Å². The van der Waals surface area contributed by atoms with Crippen LogP contribution >= 0.6 is 11.6 Å². The molecule has 0 spiro atoms. The molecule has 1 atom stereocenters. The maximum atomic E-state index is 12.2. The van der Waals surface area contributed by atoms with Gasteiger partial charge in [-0.05, 0) is 45.2 Å². The minimum absolute atomic E-state index is 0.00546. The van der Waals surface area contributed by atoms with Crippen LogP contribution in [0.5, 0.6) is 0 Å². The Labute approximate surface area is 140 Å². The quantitative estimate of drug-likeness (QED) is 0.790. The predicted octanol–water partition coefficient (Wildman–Crippen LogP) is 2.70. The maximum absolute atomic E-state index is 12.2. The zero-order valence-corrected chi connectivity index (χ0v) is 14.2. The Morgan fingerprint density at radius 2 is 2.17 bits per heavy atom. The summed E-state index contributed by atoms with van der Waals surface area (Å²) in [4.78, 5) is 21.8. The predicted molar refractivity (Wildman–Crippen MR) is 86.0 cm³/mol. The van der Waals surface area contributed by atoms with E-state index in [4.69, 9.17) is 22.1 Å². The summed E-state index contributed by atoms with van der Waals surface area (Å²) in [6.45, 7) is 6.50. The van der Waals surface area contributed by atoms with E-state index in [1.807, 2.05) is 26.8 Å². The van der Waals surface area contributed by atoms with Gasteiger partial charge in [0.1, 0.15) is 23.1 Å². The normalized spacial score (nSPS) is 18.4. The van der Waals surface area contributed by atoms with Crippen LogP contribution in [-0.4, -0.2) is 39.7 Å². The van der Waals surface area contributed by atoms with Gasteiger partial charge < -0.3 is 15.4 Å². The summed E-state index contributed by atoms with van der Waals surface area (Å²) in [5, 5.41) is 9.30. The molecule has 0 aliphatic carbocycles. The second kappa shape index (κ2) is 6.59. The minimum Gasteiger partial charge on any atom is -0.444 e. The van der Waals surface area contributed by atoms with Crippen LogP contribution < -0.4 is 5.73 Å². The number of nitrogen functional groups attached to an aromatic ring is 1. The molecule has 1 aromatic heterocycles. The molecule has 0 bridgehead atoms. The molecule has 23 heavy (non-hydrogen) atoms. The number of nitriles is 1. The van der Waals surface area contributed by atoms with Crippen molar-refractivity contribution in [3.05, 3.63) is 16.5 Å². The van der Waals surface area contributed by atoms with Crippen LogP contribution in [0.2, 0.25) is 5.28 Å². The highest BCUT2D eigenvalue weighted by atomic mass is 35.5. The van der Waals surface area contributed by atoms with Gasteiger partial charge in [-0.15, -0.1) is 0 Å². The number of hydrogen-bond acceptors (Lipinski definition) is 6. The third kappa shape index (κ3) is 4.23. The van der Waals surface area contributed by atoms with Crippen molar-refractivity contribution in [3.8, 4) is 6.07 Å². The smallest absolute Gasteiger partial charge is 0.410 e. The molecule has 1 aromatic rings. The molecule has 1 unspecified atom stereocenters. The third-order valence-electron chi connectivity index (χ3n) is 3.51. The van der Waals surface area contributed by atoms with Gasteiger partial charge in [0.15, 0.2) is 0 Å². The van der Waals surface area contributed by atoms with Crippen molar-refractivity contribution >= 4 is 23.5 Å². The molecule has 1 amide bonds. The Morgan fingerprint density at radius 1 is 1.48 bits per heavy atom. The molecule has 2 rings (SSSR count). The first kappa shape index (κ1) is 17.3. The average molecular weight is 338 g/mol. The molecule has 7 nitrogen and oxygen atoms in total. The van der Waals surface area contributed by atoms with Crippen LogP contribution in [0.3, 0.4) is 0 Å². The number of carbonyl (C=O) groups is 1. The second-order valence-electron chi connectivity index (χ2n) is 6.52. The Hall–Kier alpha value is -2.07. The number of nitrogens with zero attached hydrogens (tertiary/aromatic N) is 4. The van der Waals surface area contributed by atoms with E-state index in [0.29, 0.717) is 18.8 Å². The maximum Gasteiger partial charge on any atom is 0.410 e. The molecule has 8 heteroatoms. The number of aromatic nitrogens is 2. The molecule has 0 aromatic carbocycles. The van der Waals surface area contributed by atoms with Crippen molar-refractivity contribution in [1.29, 1.82) is 5.26 Å². The van der Waals surface area contributed by atoms with Crippen LogP contribution in [0.1, 0.15) is 50.8 Å². The largest absolute Gasteiger partial charge is 0.444 e. The van der Waals surface area contributed by atoms with E-state index in [1.54, 1.807) is 4.90 Å². The first-order valence-corrected chi connectivity index (χ1v) is 7.80. The fourth-order valence-electron chi connectivity index (χ4n) is 2.57. The lowest BCUT2D eigenvalue weighted by Crippen LogP contribution is -2.42. The molecule has 0 radical (unpaired) electrons. The van der Waals surface area contributed by atoms with Gasteiger partial charge in [0.25, 0.3) is 0 Å². The fraction of sp³-hybridized carbons (Fsp3) is 0.600. The summed E-state index contributed by atoms with van der Waals surface area (Å²) in [5.41, 5.74) is 5.93. The van der Waals surface area contributed by atoms with Crippen LogP contribution in [0, 0.1) is 11.3 Å². The van der Waals surface area contributed by atoms with Crippen molar-refractivity contribution in [3.63, 3.8) is 0 Å². The number of halogens is 1. The highest BCUT2D eigenvalue weighted by molar-refractivity contribution is 6.28. The number of piperidine rings is 1. The fourth-order valence-corrected chi connectivity index (χ4v) is 2.75. The number of rotatable bonds is 1. The van der Waals surface area contributed by atoms with Crippen molar-refractivity contribution in [1.82, 2.24) is 14.9 Å². The van der Waals surface area contributed by atoms with Gasteiger partial charge in [0, 0.05) is 19.0 Å². The number of likely N-dealkylation sites (tertiary alicyclic amines) is 1. The third-order valence-corrected chi connectivity index (χ3v) is 3.68. The Bertz CT molecular complexity index is 650. The lowest BCUT2D eigenvalue weighted by molar-refractivity contribution is 0.0197. The van der Waals surface area contributed by atoms with E-state index in [-0.39, 0.29) is 28.7 Å². The molecular weight excluding hydrogens is 318 g/mol. The van der Waals surface area contributed by atoms with Gasteiger partial charge in [-0.25, -0.2) is 9.78 Å². The lowest BCUT2D eigenvalue weighted by atomic mass is 9.92. The Balaban J connectivity index is 2.22. The molecular formula is C15H20ClN5O2. The van der Waals surface area contributed by atoms with Gasteiger partial charge >= 0.3 is 6.09 Å². The van der Waals surface area contributed by atoms with Crippen molar-refractivity contribution < 1.29 is 9.53 Å². The lowest BCUT2D eigenvalue weighted by Gasteiger charge is -2.34. The number of nitrogens with two attached hydrogens (primary N) is 1. The van der Waals surface area contributed by atoms with Crippen LogP contribution in [0.25, 0.3) is 0 Å². The highest BCUT2D eigenvalue weighted by Crippen LogP contribution is 2.31. The van der Waals surface area contributed by atoms with Crippen LogP contribution in [0.4, 0.5) is 10.6 Å². The van der Waals surface area contributed by atoms with Gasteiger partial charge in [0.05, 0.1) is 5.69 Å². The second-order valence-corrected chi connectivity index (χ2v) is 6.85. The van der Waals surface area contributed by atoms with E-state index in [9.17, 15) is 10.1 Å². The average Bonchev–Trinajstić information content (AvgIpc) is 2.45. The van der Waals surface area contributed by atoms with E-state index < -0.39 is 5.60 Å². The molecule has 0 saturated carbocycles. The summed E-state index contributed by atoms with van der Waals surface area (Å²) in [7, 11) is 0. The molecule has 2 heterocycles. The molecule has 124 valence electrons. The summed E-state index contributed by atoms with van der Waals surface area (Å²) in [6.07, 6.45) is 1.21. The Morgan fingerprint density at radius 3 is 2.78 bits per heavy atom. The van der Waals surface area contributed by atoms with E-state index in [1.165, 1.54) is 0 Å². The number of hydrogen-bond donors (Lipinski definition) is 1. The molecule has 1 aliphatic heterocycles. The molecule has 1 saturated heterocycles. The molecule has 2 N–H and O–H groups in total. The molecule has 1 fully saturated rings. The zero-order valence-electron chi connectivity index (χ0n) is 13.5. The van der Waals surface area contributed by atoms with Crippen molar-refractivity contribution in [2.24, 2.45) is 0 Å². The van der Waals surface area contributed by atoms with Crippen LogP contribution in [0.15, 0.2) is 0 Å². The zero-order chi connectivity index (χ0) is 17.2. The van der Waals surface area contributed by atoms with Gasteiger partial charge in [-0.2, -0.15) is 10.2 Å². The number of amides is 1. The van der Waals surface area contributed by atoms with E-state index in [0.717, 1.165) is 12.8 Å². The standard InChI is InChI=1S/C15H20ClN5O2/c1-15(2,3)23-14(22)21-6-4-5-9(8-21)11-10(7-17)12(18)20-13(16)19-11/h9H,4-6,8H2,1-3H3,(H2,18,19,20). The Kier molecular flexibility index (Phi) is 4.95. The summed E-state index contributed by atoms with van der Waals surface area (Å²) >= 11 is 5.87. The SMILES string of the molecule is CC(C)(C)OC(=O)N1CCCC(c2nc(Cl)nc(N)c2C#N)C1. The number of anilines is 1. The summed E-state index contributed by atoms with van der Waals surface area (Å²) < 4.78 is 5.40. The number of carbonyl (C=O) groups excluding carboxylic acids is 1. The number of ether oxygens (including phenoxy) is 1. The van der Waals surface area contributed by atoms with E-state index in [2.05, 4.69) is 9.97 Å². The monoisotopic (exact) mass is 337 g/mol. The van der Waals surface area contributed by atoms with Gasteiger partial charge in [0.2, 0.25) is 5.28 Å². The minimum atomic E-state index is -0.551. The van der Waals surface area contributed by atoms with Gasteiger partial charge in [-0.1, -0.05) is 0 Å². The summed E-state index contributed by atoms with van der Waals surface area (Å²) in [6, 6.07) is 2.03.